The number of rotatable bonds is 10. The number of nitrogens with one attached hydrogen (secondary N) is 1. The molecule has 1 saturated carbocycles. The fourth-order valence-corrected chi connectivity index (χ4v) is 3.36. The van der Waals surface area contributed by atoms with Gasteiger partial charge in [0.05, 0.1) is 0 Å². The molecule has 0 radical (unpaired) electrons. The molecule has 2 N–H and O–H groups in total. The van der Waals surface area contributed by atoms with Crippen LogP contribution in [-0.2, 0) is 0 Å². The van der Waals surface area contributed by atoms with Gasteiger partial charge in [-0.25, -0.2) is 0 Å². The van der Waals surface area contributed by atoms with Crippen LogP contribution in [0.25, 0.3) is 0 Å². The van der Waals surface area contributed by atoms with Gasteiger partial charge in [0.1, 0.15) is 0 Å². The maximum atomic E-state index is 8.82. The summed E-state index contributed by atoms with van der Waals surface area (Å²) in [4.78, 5) is 2.51. The molecule has 0 aliphatic heterocycles. The second-order valence-corrected chi connectivity index (χ2v) is 6.51. The van der Waals surface area contributed by atoms with Gasteiger partial charge in [0, 0.05) is 19.2 Å². The second kappa shape index (κ2) is 11.5. The molecule has 0 spiro atoms. The third-order valence-corrected chi connectivity index (χ3v) is 4.56. The molecule has 1 fully saturated rings. The van der Waals surface area contributed by atoms with E-state index in [1.54, 1.807) is 0 Å². The normalized spacial score (nSPS) is 24.0. The van der Waals surface area contributed by atoms with Gasteiger partial charge >= 0.3 is 0 Å². The topological polar surface area (TPSA) is 35.5 Å². The molecule has 1 aliphatic rings. The molecule has 0 heterocycles. The summed E-state index contributed by atoms with van der Waals surface area (Å²) in [5.41, 5.74) is 0. The summed E-state index contributed by atoms with van der Waals surface area (Å²) in [5, 5.41) is 12.6. The lowest BCUT2D eigenvalue weighted by atomic mass is 9.94. The van der Waals surface area contributed by atoms with Gasteiger partial charge in [0.2, 0.25) is 0 Å². The van der Waals surface area contributed by atoms with E-state index in [1.807, 2.05) is 0 Å². The Bertz CT molecular complexity index is 223. The molecule has 0 bridgehead atoms. The van der Waals surface area contributed by atoms with E-state index in [2.05, 4.69) is 24.2 Å². The molecule has 20 heavy (non-hydrogen) atoms. The van der Waals surface area contributed by atoms with E-state index >= 15 is 0 Å². The molecule has 3 nitrogen and oxygen atoms in total. The minimum Gasteiger partial charge on any atom is -0.396 e. The van der Waals surface area contributed by atoms with Crippen molar-refractivity contribution in [1.29, 1.82) is 0 Å². The molecule has 120 valence electrons. The van der Waals surface area contributed by atoms with Crippen molar-refractivity contribution in [3.63, 3.8) is 0 Å². The van der Waals surface area contributed by atoms with Crippen LogP contribution in [0.5, 0.6) is 0 Å². The standard InChI is InChI=1S/C17H36N2O/c1-3-12-18-17-11-7-4-6-10-16(17)15-19(2)13-8-5-9-14-20/h16-18,20H,3-15H2,1-2H3. The molecular weight excluding hydrogens is 248 g/mol. The van der Waals surface area contributed by atoms with Crippen molar-refractivity contribution in [1.82, 2.24) is 10.2 Å². The zero-order valence-electron chi connectivity index (χ0n) is 13.7. The average Bonchev–Trinajstić information content (AvgIpc) is 2.67. The number of aliphatic hydroxyl groups excluding tert-OH is 1. The number of unbranched alkanes of at least 4 members (excludes halogenated alkanes) is 2. The van der Waals surface area contributed by atoms with Gasteiger partial charge in [0.15, 0.2) is 0 Å². The highest BCUT2D eigenvalue weighted by molar-refractivity contribution is 4.81. The highest BCUT2D eigenvalue weighted by atomic mass is 16.2. The van der Waals surface area contributed by atoms with Crippen LogP contribution in [-0.4, -0.2) is 49.3 Å². The lowest BCUT2D eigenvalue weighted by molar-refractivity contribution is 0.218. The molecule has 2 unspecified atom stereocenters. The van der Waals surface area contributed by atoms with Gasteiger partial charge in [0.25, 0.3) is 0 Å². The first-order valence-electron chi connectivity index (χ1n) is 8.80. The Labute approximate surface area is 126 Å². The van der Waals surface area contributed by atoms with E-state index in [0.717, 1.165) is 24.8 Å². The van der Waals surface area contributed by atoms with E-state index in [0.29, 0.717) is 6.61 Å². The number of nitrogens with zero attached hydrogens (tertiary/aromatic N) is 1. The Morgan fingerprint density at radius 2 is 1.90 bits per heavy atom. The summed E-state index contributed by atoms with van der Waals surface area (Å²) in [6, 6.07) is 0.734. The summed E-state index contributed by atoms with van der Waals surface area (Å²) in [5.74, 6) is 0.826. The number of hydrogen-bond donors (Lipinski definition) is 2. The zero-order valence-corrected chi connectivity index (χ0v) is 13.7. The van der Waals surface area contributed by atoms with Crippen molar-refractivity contribution < 1.29 is 5.11 Å². The van der Waals surface area contributed by atoms with Crippen LogP contribution in [0.2, 0.25) is 0 Å². The van der Waals surface area contributed by atoms with Gasteiger partial charge in [-0.1, -0.05) is 26.2 Å². The van der Waals surface area contributed by atoms with Crippen LogP contribution in [0.4, 0.5) is 0 Å². The SMILES string of the molecule is CCCNC1CCCCCC1CN(C)CCCCCO. The van der Waals surface area contributed by atoms with E-state index in [9.17, 15) is 0 Å². The Balaban J connectivity index is 2.31. The van der Waals surface area contributed by atoms with E-state index in [1.165, 1.54) is 64.6 Å². The first-order chi connectivity index (χ1) is 9.77. The summed E-state index contributed by atoms with van der Waals surface area (Å²) in [6.07, 6.45) is 11.6. The van der Waals surface area contributed by atoms with Crippen molar-refractivity contribution >= 4 is 0 Å². The third-order valence-electron chi connectivity index (χ3n) is 4.56. The fourth-order valence-electron chi connectivity index (χ4n) is 3.36. The van der Waals surface area contributed by atoms with E-state index < -0.39 is 0 Å². The maximum absolute atomic E-state index is 8.82. The summed E-state index contributed by atoms with van der Waals surface area (Å²) < 4.78 is 0. The molecule has 1 aliphatic carbocycles. The lowest BCUT2D eigenvalue weighted by Crippen LogP contribution is -2.41. The number of hydrogen-bond acceptors (Lipinski definition) is 3. The second-order valence-electron chi connectivity index (χ2n) is 6.51. The molecule has 0 saturated heterocycles. The van der Waals surface area contributed by atoms with Crippen LogP contribution in [0, 0.1) is 5.92 Å². The Morgan fingerprint density at radius 1 is 1.10 bits per heavy atom. The third kappa shape index (κ3) is 7.61. The van der Waals surface area contributed by atoms with E-state index in [4.69, 9.17) is 5.11 Å². The molecule has 0 aromatic carbocycles. The summed E-state index contributed by atoms with van der Waals surface area (Å²) in [6.45, 7) is 6.18. The smallest absolute Gasteiger partial charge is 0.0431 e. The van der Waals surface area contributed by atoms with E-state index in [-0.39, 0.29) is 0 Å². The van der Waals surface area contributed by atoms with Crippen molar-refractivity contribution in [3.05, 3.63) is 0 Å². The molecule has 0 amide bonds. The minimum absolute atomic E-state index is 0.343. The summed E-state index contributed by atoms with van der Waals surface area (Å²) >= 11 is 0. The molecule has 3 heteroatoms. The first-order valence-corrected chi connectivity index (χ1v) is 8.80. The molecule has 2 atom stereocenters. The monoisotopic (exact) mass is 284 g/mol. The number of aliphatic hydroxyl groups is 1. The molecule has 0 aromatic heterocycles. The maximum Gasteiger partial charge on any atom is 0.0431 e. The van der Waals surface area contributed by atoms with Crippen LogP contribution >= 0.6 is 0 Å². The van der Waals surface area contributed by atoms with Crippen molar-refractivity contribution in [3.8, 4) is 0 Å². The van der Waals surface area contributed by atoms with Gasteiger partial charge in [-0.05, 0) is 64.6 Å². The van der Waals surface area contributed by atoms with Crippen LogP contribution < -0.4 is 5.32 Å². The van der Waals surface area contributed by atoms with Crippen LogP contribution in [0.3, 0.4) is 0 Å². The summed E-state index contributed by atoms with van der Waals surface area (Å²) in [7, 11) is 2.26. The Hall–Kier alpha value is -0.120. The fraction of sp³-hybridized carbons (Fsp3) is 1.00. The zero-order chi connectivity index (χ0) is 14.6. The first kappa shape index (κ1) is 17.9. The van der Waals surface area contributed by atoms with Gasteiger partial charge in [-0.15, -0.1) is 0 Å². The van der Waals surface area contributed by atoms with Crippen molar-refractivity contribution in [2.45, 2.75) is 70.8 Å². The van der Waals surface area contributed by atoms with Gasteiger partial charge in [-0.2, -0.15) is 0 Å². The minimum atomic E-state index is 0.343. The largest absolute Gasteiger partial charge is 0.396 e. The predicted octanol–water partition coefficient (Wildman–Crippen LogP) is 3.03. The highest BCUT2D eigenvalue weighted by Gasteiger charge is 2.23. The van der Waals surface area contributed by atoms with Gasteiger partial charge in [-0.3, -0.25) is 0 Å². The Kier molecular flexibility index (Phi) is 10.3. The quantitative estimate of drug-likeness (QED) is 0.478. The Morgan fingerprint density at radius 3 is 2.65 bits per heavy atom. The predicted molar refractivity (Wildman–Crippen MR) is 87.1 cm³/mol. The average molecular weight is 284 g/mol. The van der Waals surface area contributed by atoms with Crippen molar-refractivity contribution in [2.24, 2.45) is 5.92 Å². The highest BCUT2D eigenvalue weighted by Crippen LogP contribution is 2.24. The molecule has 1 rings (SSSR count). The lowest BCUT2D eigenvalue weighted by Gasteiger charge is -2.30. The van der Waals surface area contributed by atoms with Crippen LogP contribution in [0.15, 0.2) is 0 Å². The molecule has 0 aromatic rings. The van der Waals surface area contributed by atoms with Crippen LogP contribution in [0.1, 0.15) is 64.7 Å². The van der Waals surface area contributed by atoms with Crippen molar-refractivity contribution in [2.75, 3.05) is 33.3 Å². The molecular formula is C17H36N2O. The van der Waals surface area contributed by atoms with Gasteiger partial charge < -0.3 is 15.3 Å².